The van der Waals surface area contributed by atoms with E-state index in [0.717, 1.165) is 17.0 Å². The number of rotatable bonds is 10. The van der Waals surface area contributed by atoms with E-state index in [1.165, 1.54) is 4.90 Å². The van der Waals surface area contributed by atoms with Crippen molar-refractivity contribution < 1.29 is 14.6 Å². The maximum atomic E-state index is 11.9. The largest absolute Gasteiger partial charge is 0.465 e. The average molecular weight is 544 g/mol. The Labute approximate surface area is 227 Å². The van der Waals surface area contributed by atoms with Gasteiger partial charge >= 0.3 is 6.09 Å². The van der Waals surface area contributed by atoms with Crippen LogP contribution in [0.4, 0.5) is 4.79 Å². The third kappa shape index (κ3) is 7.62. The summed E-state index contributed by atoms with van der Waals surface area (Å²) in [6.45, 7) is 9.15. The molecule has 10 heteroatoms. The van der Waals surface area contributed by atoms with Gasteiger partial charge < -0.3 is 20.1 Å². The van der Waals surface area contributed by atoms with Gasteiger partial charge in [-0.1, -0.05) is 42.3 Å². The molecule has 1 amide bonds. The van der Waals surface area contributed by atoms with E-state index in [2.05, 4.69) is 11.4 Å². The number of hydrogen-bond acceptors (Lipinski definition) is 5. The zero-order valence-corrected chi connectivity index (χ0v) is 22.9. The Bertz CT molecular complexity index is 1260. The van der Waals surface area contributed by atoms with E-state index in [1.807, 2.05) is 39.8 Å². The van der Waals surface area contributed by atoms with Crippen molar-refractivity contribution in [3.8, 4) is 17.6 Å². The molecule has 0 spiro atoms. The van der Waals surface area contributed by atoms with Crippen LogP contribution in [0.15, 0.2) is 42.5 Å². The topological polar surface area (TPSA) is 103 Å². The number of ether oxygens (including phenoxy) is 1. The Morgan fingerprint density at radius 3 is 2.35 bits per heavy atom. The van der Waals surface area contributed by atoms with Gasteiger partial charge in [0.15, 0.2) is 5.75 Å². The molecule has 2 aromatic carbocycles. The summed E-state index contributed by atoms with van der Waals surface area (Å²) in [4.78, 5) is 13.3. The van der Waals surface area contributed by atoms with Crippen LogP contribution >= 0.6 is 23.2 Å². The molecule has 1 heterocycles. The zero-order chi connectivity index (χ0) is 27.2. The number of aryl methyl sites for hydroxylation is 1. The Balaban J connectivity index is 1.91. The number of benzene rings is 2. The van der Waals surface area contributed by atoms with Crippen molar-refractivity contribution >= 4 is 29.3 Å². The van der Waals surface area contributed by atoms with Crippen molar-refractivity contribution in [1.82, 2.24) is 20.0 Å². The lowest BCUT2D eigenvalue weighted by Gasteiger charge is -2.33. The number of nitriles is 1. The summed E-state index contributed by atoms with van der Waals surface area (Å²) in [5, 5.41) is 27.8. The number of carboxylic acid groups (broad SMARTS) is 1. The monoisotopic (exact) mass is 543 g/mol. The van der Waals surface area contributed by atoms with Gasteiger partial charge in [-0.25, -0.2) is 4.79 Å². The minimum atomic E-state index is -0.985. The van der Waals surface area contributed by atoms with Crippen molar-refractivity contribution in [1.29, 1.82) is 5.26 Å². The summed E-state index contributed by atoms with van der Waals surface area (Å²) < 4.78 is 8.07. The molecule has 0 aliphatic heterocycles. The molecule has 0 atom stereocenters. The molecule has 0 saturated carbocycles. The number of hydrogen-bond donors (Lipinski definition) is 2. The molecule has 1 aromatic heterocycles. The van der Waals surface area contributed by atoms with Gasteiger partial charge in [0.05, 0.1) is 23.9 Å². The number of amides is 1. The average Bonchev–Trinajstić information content (AvgIpc) is 3.14. The van der Waals surface area contributed by atoms with Crippen LogP contribution in [0.2, 0.25) is 10.0 Å². The van der Waals surface area contributed by atoms with E-state index in [9.17, 15) is 9.90 Å². The molecular formula is C27H31Cl2N5O3. The highest BCUT2D eigenvalue weighted by Crippen LogP contribution is 2.33. The number of carbonyl (C=O) groups is 1. The minimum absolute atomic E-state index is 0.259. The molecule has 0 bridgehead atoms. The number of nitrogens with zero attached hydrogens (tertiary/aromatic N) is 4. The van der Waals surface area contributed by atoms with Crippen molar-refractivity contribution in [2.75, 3.05) is 6.54 Å². The molecule has 37 heavy (non-hydrogen) atoms. The van der Waals surface area contributed by atoms with Crippen molar-refractivity contribution in [3.63, 3.8) is 0 Å². The second-order valence-corrected chi connectivity index (χ2v) is 10.4. The van der Waals surface area contributed by atoms with Crippen LogP contribution in [-0.4, -0.2) is 38.0 Å². The molecule has 0 aliphatic carbocycles. The van der Waals surface area contributed by atoms with E-state index in [-0.39, 0.29) is 6.54 Å². The summed E-state index contributed by atoms with van der Waals surface area (Å²) in [6, 6.07) is 14.5. The van der Waals surface area contributed by atoms with Gasteiger partial charge in [0.1, 0.15) is 11.4 Å². The number of nitrogens with one attached hydrogen (secondary N) is 1. The first-order valence-electron chi connectivity index (χ1n) is 11.9. The fourth-order valence-corrected chi connectivity index (χ4v) is 4.39. The highest BCUT2D eigenvalue weighted by Gasteiger charge is 2.27. The summed E-state index contributed by atoms with van der Waals surface area (Å²) in [6.07, 6.45) is -0.373. The first-order valence-corrected chi connectivity index (χ1v) is 12.7. The van der Waals surface area contributed by atoms with E-state index in [0.29, 0.717) is 53.2 Å². The Morgan fingerprint density at radius 1 is 1.16 bits per heavy atom. The second-order valence-electron chi connectivity index (χ2n) is 9.52. The summed E-state index contributed by atoms with van der Waals surface area (Å²) in [5.74, 6) is 1.08. The van der Waals surface area contributed by atoms with Crippen LogP contribution in [0.25, 0.3) is 0 Å². The standard InChI is InChI=1S/C27H31Cl2N5O3/c1-5-23-25(37-22-13-20(28)12-21(29)14-22)24(17-31-16-19-8-6-18(15-30)7-9-19)34(32-23)11-10-33(26(35)36)27(2,3)4/h6-9,12-14,31H,5,10-11,16-17H2,1-4H3,(H,35,36). The zero-order valence-electron chi connectivity index (χ0n) is 21.4. The van der Waals surface area contributed by atoms with E-state index >= 15 is 0 Å². The quantitative estimate of drug-likeness (QED) is 0.303. The van der Waals surface area contributed by atoms with Crippen molar-refractivity contribution in [2.45, 2.75) is 59.3 Å². The van der Waals surface area contributed by atoms with Gasteiger partial charge in [-0.15, -0.1) is 0 Å². The van der Waals surface area contributed by atoms with Gasteiger partial charge in [-0.05, 0) is 63.1 Å². The smallest absolute Gasteiger partial charge is 0.407 e. The molecule has 0 radical (unpaired) electrons. The molecule has 0 saturated heterocycles. The third-order valence-corrected chi connectivity index (χ3v) is 6.19. The fourth-order valence-electron chi connectivity index (χ4n) is 3.88. The van der Waals surface area contributed by atoms with Gasteiger partial charge in [0.2, 0.25) is 0 Å². The van der Waals surface area contributed by atoms with Crippen LogP contribution in [0.5, 0.6) is 11.5 Å². The normalized spacial score (nSPS) is 11.3. The van der Waals surface area contributed by atoms with Crippen molar-refractivity contribution in [2.24, 2.45) is 0 Å². The lowest BCUT2D eigenvalue weighted by molar-refractivity contribution is 0.0968. The molecule has 8 nitrogen and oxygen atoms in total. The molecule has 3 rings (SSSR count). The van der Waals surface area contributed by atoms with Gasteiger partial charge in [0.25, 0.3) is 0 Å². The number of aromatic nitrogens is 2. The SMILES string of the molecule is CCc1nn(CCN(C(=O)O)C(C)(C)C)c(CNCc2ccc(C#N)cc2)c1Oc1cc(Cl)cc(Cl)c1. The Kier molecular flexibility index (Phi) is 9.44. The lowest BCUT2D eigenvalue weighted by Crippen LogP contribution is -2.46. The van der Waals surface area contributed by atoms with Crippen LogP contribution in [0, 0.1) is 11.3 Å². The Hall–Kier alpha value is -3.25. The highest BCUT2D eigenvalue weighted by atomic mass is 35.5. The highest BCUT2D eigenvalue weighted by molar-refractivity contribution is 6.34. The van der Waals surface area contributed by atoms with E-state index < -0.39 is 11.6 Å². The van der Waals surface area contributed by atoms with Crippen molar-refractivity contribution in [3.05, 3.63) is 75.0 Å². The summed E-state index contributed by atoms with van der Waals surface area (Å²) in [5.41, 5.74) is 2.59. The first-order chi connectivity index (χ1) is 17.5. The van der Waals surface area contributed by atoms with Crippen LogP contribution in [0.1, 0.15) is 50.2 Å². The molecule has 0 aliphatic rings. The van der Waals surface area contributed by atoms with Crippen LogP contribution in [0.3, 0.4) is 0 Å². The first kappa shape index (κ1) is 28.3. The third-order valence-electron chi connectivity index (χ3n) is 5.75. The maximum absolute atomic E-state index is 11.9. The predicted molar refractivity (Wildman–Crippen MR) is 144 cm³/mol. The molecule has 196 valence electrons. The summed E-state index contributed by atoms with van der Waals surface area (Å²) in [7, 11) is 0. The van der Waals surface area contributed by atoms with Gasteiger partial charge in [0, 0.05) is 35.2 Å². The maximum Gasteiger partial charge on any atom is 0.407 e. The summed E-state index contributed by atoms with van der Waals surface area (Å²) >= 11 is 12.4. The second kappa shape index (κ2) is 12.3. The van der Waals surface area contributed by atoms with Crippen LogP contribution in [-0.2, 0) is 26.1 Å². The van der Waals surface area contributed by atoms with Gasteiger partial charge in [-0.2, -0.15) is 10.4 Å². The minimum Gasteiger partial charge on any atom is -0.465 e. The number of halogens is 2. The molecule has 0 unspecified atom stereocenters. The molecular weight excluding hydrogens is 513 g/mol. The Morgan fingerprint density at radius 2 is 1.81 bits per heavy atom. The molecule has 2 N–H and O–H groups in total. The fraction of sp³-hybridized carbons (Fsp3) is 0.370. The lowest BCUT2D eigenvalue weighted by atomic mass is 10.1. The van der Waals surface area contributed by atoms with E-state index in [4.69, 9.17) is 38.3 Å². The van der Waals surface area contributed by atoms with Crippen LogP contribution < -0.4 is 10.1 Å². The molecule has 0 fully saturated rings. The predicted octanol–water partition coefficient (Wildman–Crippen LogP) is 6.48. The molecule has 3 aromatic rings. The van der Waals surface area contributed by atoms with E-state index in [1.54, 1.807) is 35.0 Å². The van der Waals surface area contributed by atoms with Gasteiger partial charge in [-0.3, -0.25) is 4.68 Å².